The van der Waals surface area contributed by atoms with Gasteiger partial charge in [0, 0.05) is 19.9 Å². The van der Waals surface area contributed by atoms with Crippen molar-refractivity contribution in [3.8, 4) is 0 Å². The van der Waals surface area contributed by atoms with Gasteiger partial charge in [0.15, 0.2) is 5.82 Å². The maximum Gasteiger partial charge on any atom is 0.342 e. The van der Waals surface area contributed by atoms with Crippen LogP contribution in [0.4, 0.5) is 5.82 Å². The van der Waals surface area contributed by atoms with Gasteiger partial charge in [0.2, 0.25) is 0 Å². The van der Waals surface area contributed by atoms with Gasteiger partial charge in [-0.15, -0.1) is 4.91 Å². The molecule has 0 aliphatic heterocycles. The fourth-order valence-electron chi connectivity index (χ4n) is 1.60. The molecular formula is C9H15N5O4. The number of nitrogens with zero attached hydrogens (tertiary/aromatic N) is 5. The average Bonchev–Trinajstić information content (AvgIpc) is 2.70. The van der Waals surface area contributed by atoms with Crippen molar-refractivity contribution in [1.82, 2.24) is 14.6 Å². The minimum atomic E-state index is -0.497. The van der Waals surface area contributed by atoms with E-state index in [0.29, 0.717) is 25.3 Å². The zero-order chi connectivity index (χ0) is 13.5. The molecule has 1 heterocycles. The third-order valence-electron chi connectivity index (χ3n) is 2.49. The van der Waals surface area contributed by atoms with E-state index in [1.54, 1.807) is 6.92 Å². The van der Waals surface area contributed by atoms with E-state index in [2.05, 4.69) is 10.3 Å². The van der Waals surface area contributed by atoms with Gasteiger partial charge in [-0.05, 0) is 4.92 Å². The second-order valence-corrected chi connectivity index (χ2v) is 3.68. The first-order chi connectivity index (χ1) is 8.60. The first-order valence-electron chi connectivity index (χ1n) is 5.45. The molecule has 0 saturated carbocycles. The Balaban J connectivity index is 2.55. The van der Waals surface area contributed by atoms with Crippen molar-refractivity contribution >= 4 is 5.82 Å². The molecule has 1 aromatic heterocycles. The standard InChI is InChI=1S/C9H15N5O4/c1-8-10-7-9(14(17)18)13(8)4-2-3-12(11-16)5-6-15/h7,15H,2-6H2,1H3. The van der Waals surface area contributed by atoms with E-state index in [9.17, 15) is 15.0 Å². The molecule has 18 heavy (non-hydrogen) atoms. The number of aliphatic hydroxyl groups excluding tert-OH is 1. The van der Waals surface area contributed by atoms with Crippen molar-refractivity contribution in [3.05, 3.63) is 27.0 Å². The number of imidazole rings is 1. The average molecular weight is 257 g/mol. The number of hydrogen-bond acceptors (Lipinski definition) is 6. The summed E-state index contributed by atoms with van der Waals surface area (Å²) in [4.78, 5) is 24.5. The van der Waals surface area contributed by atoms with Crippen LogP contribution in [0.1, 0.15) is 12.2 Å². The first kappa shape index (κ1) is 14.0. The molecule has 0 aliphatic rings. The van der Waals surface area contributed by atoms with Gasteiger partial charge in [-0.3, -0.25) is 5.01 Å². The number of aryl methyl sites for hydroxylation is 1. The Morgan fingerprint density at radius 1 is 1.61 bits per heavy atom. The molecule has 0 amide bonds. The van der Waals surface area contributed by atoms with E-state index >= 15 is 0 Å². The minimum absolute atomic E-state index is 0.0692. The fourth-order valence-corrected chi connectivity index (χ4v) is 1.60. The van der Waals surface area contributed by atoms with Crippen LogP contribution in [-0.4, -0.2) is 44.3 Å². The molecule has 9 heteroatoms. The molecule has 0 saturated heterocycles. The van der Waals surface area contributed by atoms with E-state index in [1.807, 2.05) is 0 Å². The summed E-state index contributed by atoms with van der Waals surface area (Å²) in [6, 6.07) is 0. The van der Waals surface area contributed by atoms with Crippen LogP contribution < -0.4 is 0 Å². The van der Waals surface area contributed by atoms with Gasteiger partial charge in [0.05, 0.1) is 25.0 Å². The number of nitro groups is 1. The van der Waals surface area contributed by atoms with Crippen LogP contribution in [0.2, 0.25) is 0 Å². The number of hydrogen-bond donors (Lipinski definition) is 1. The van der Waals surface area contributed by atoms with Gasteiger partial charge >= 0.3 is 5.82 Å². The number of aromatic nitrogens is 2. The summed E-state index contributed by atoms with van der Waals surface area (Å²) < 4.78 is 1.47. The molecular weight excluding hydrogens is 242 g/mol. The quantitative estimate of drug-likeness (QED) is 0.411. The SMILES string of the molecule is Cc1ncc([N+](=O)[O-])n1CCCN(CCO)N=O. The molecule has 0 aliphatic carbocycles. The zero-order valence-electron chi connectivity index (χ0n) is 10.0. The Kier molecular flexibility index (Phi) is 5.18. The molecule has 0 unspecified atom stereocenters. The number of rotatable bonds is 8. The summed E-state index contributed by atoms with van der Waals surface area (Å²) in [5.74, 6) is 0.481. The van der Waals surface area contributed by atoms with E-state index in [-0.39, 0.29) is 19.0 Å². The maximum atomic E-state index is 10.7. The normalized spacial score (nSPS) is 10.3. The van der Waals surface area contributed by atoms with Gasteiger partial charge in [-0.2, -0.15) is 0 Å². The summed E-state index contributed by atoms with van der Waals surface area (Å²) in [5.41, 5.74) is 0. The Bertz CT molecular complexity index is 419. The predicted octanol–water partition coefficient (Wildman–Crippen LogP) is 0.466. The van der Waals surface area contributed by atoms with E-state index in [4.69, 9.17) is 5.11 Å². The van der Waals surface area contributed by atoms with Crippen LogP contribution in [0.3, 0.4) is 0 Å². The third kappa shape index (κ3) is 3.48. The van der Waals surface area contributed by atoms with Gasteiger partial charge in [0.25, 0.3) is 0 Å². The van der Waals surface area contributed by atoms with Crippen molar-refractivity contribution in [3.63, 3.8) is 0 Å². The molecule has 0 fully saturated rings. The molecule has 0 bridgehead atoms. The highest BCUT2D eigenvalue weighted by Gasteiger charge is 2.17. The van der Waals surface area contributed by atoms with Crippen LogP contribution in [0.5, 0.6) is 0 Å². The zero-order valence-corrected chi connectivity index (χ0v) is 10.0. The lowest BCUT2D eigenvalue weighted by Gasteiger charge is -2.12. The molecule has 0 radical (unpaired) electrons. The Hall–Kier alpha value is -2.03. The van der Waals surface area contributed by atoms with E-state index in [0.717, 1.165) is 0 Å². The number of aliphatic hydroxyl groups is 1. The van der Waals surface area contributed by atoms with Gasteiger partial charge in [-0.25, -0.2) is 9.55 Å². The molecule has 0 atom stereocenters. The highest BCUT2D eigenvalue weighted by atomic mass is 16.6. The number of nitroso groups, excluding NO2 is 1. The van der Waals surface area contributed by atoms with Gasteiger partial charge < -0.3 is 15.2 Å². The summed E-state index contributed by atoms with van der Waals surface area (Å²) >= 11 is 0. The molecule has 1 aromatic rings. The second-order valence-electron chi connectivity index (χ2n) is 3.68. The summed E-state index contributed by atoms with van der Waals surface area (Å²) in [6.45, 7) is 2.39. The van der Waals surface area contributed by atoms with Crippen LogP contribution in [0.15, 0.2) is 11.5 Å². The Labute approximate surface area is 103 Å². The molecule has 100 valence electrons. The van der Waals surface area contributed by atoms with E-state index < -0.39 is 4.92 Å². The summed E-state index contributed by atoms with van der Waals surface area (Å²) in [6.07, 6.45) is 1.71. The Morgan fingerprint density at radius 2 is 2.33 bits per heavy atom. The third-order valence-corrected chi connectivity index (χ3v) is 2.49. The molecule has 9 nitrogen and oxygen atoms in total. The van der Waals surface area contributed by atoms with Crippen molar-refractivity contribution in [2.75, 3.05) is 19.7 Å². The van der Waals surface area contributed by atoms with Crippen molar-refractivity contribution in [1.29, 1.82) is 0 Å². The lowest BCUT2D eigenvalue weighted by molar-refractivity contribution is -0.392. The smallest absolute Gasteiger partial charge is 0.342 e. The maximum absolute atomic E-state index is 10.7. The van der Waals surface area contributed by atoms with Gasteiger partial charge in [0.1, 0.15) is 6.20 Å². The summed E-state index contributed by atoms with van der Waals surface area (Å²) in [7, 11) is 0. The summed E-state index contributed by atoms with van der Waals surface area (Å²) in [5, 5.41) is 23.3. The molecule has 1 rings (SSSR count). The van der Waals surface area contributed by atoms with Crippen LogP contribution in [0, 0.1) is 21.9 Å². The molecule has 0 aromatic carbocycles. The fraction of sp³-hybridized carbons (Fsp3) is 0.667. The highest BCUT2D eigenvalue weighted by molar-refractivity contribution is 5.18. The Morgan fingerprint density at radius 3 is 2.89 bits per heavy atom. The highest BCUT2D eigenvalue weighted by Crippen LogP contribution is 2.14. The predicted molar refractivity (Wildman–Crippen MR) is 62.7 cm³/mol. The van der Waals surface area contributed by atoms with Crippen molar-refractivity contribution in [2.45, 2.75) is 19.9 Å². The van der Waals surface area contributed by atoms with Crippen LogP contribution in [0.25, 0.3) is 0 Å². The first-order valence-corrected chi connectivity index (χ1v) is 5.45. The van der Waals surface area contributed by atoms with Crippen LogP contribution >= 0.6 is 0 Å². The molecule has 0 spiro atoms. The second kappa shape index (κ2) is 6.64. The van der Waals surface area contributed by atoms with Crippen LogP contribution in [-0.2, 0) is 6.54 Å². The van der Waals surface area contributed by atoms with Crippen molar-refractivity contribution in [2.24, 2.45) is 5.29 Å². The lowest BCUT2D eigenvalue weighted by Crippen LogP contribution is -2.23. The lowest BCUT2D eigenvalue weighted by atomic mass is 10.4. The topological polar surface area (TPSA) is 114 Å². The largest absolute Gasteiger partial charge is 0.394 e. The minimum Gasteiger partial charge on any atom is -0.394 e. The van der Waals surface area contributed by atoms with E-state index in [1.165, 1.54) is 15.8 Å². The molecule has 1 N–H and O–H groups in total. The van der Waals surface area contributed by atoms with Crippen molar-refractivity contribution < 1.29 is 10.0 Å². The van der Waals surface area contributed by atoms with Gasteiger partial charge in [-0.1, -0.05) is 0 Å². The monoisotopic (exact) mass is 257 g/mol.